The molecule has 1 aromatic carbocycles. The molecule has 4 aromatic rings. The standard InChI is InChI=1S/C27H26N5O5P/c1-5-26(33)31(4)23-11-21(14-29-16-23)22-12-24-25(20-9-7-8-19(10-20)13-28)17-32(27(24)30-15-22)18(3)37-38(34,35)36-6-2/h5,7-12,14-18H,1,6H2,2-4H3,(H,34,35). The average Bonchev–Trinajstić information content (AvgIpc) is 3.31. The number of aromatic nitrogens is 3. The second-order valence-corrected chi connectivity index (χ2v) is 9.77. The van der Waals surface area contributed by atoms with Gasteiger partial charge >= 0.3 is 7.82 Å². The Balaban J connectivity index is 1.86. The van der Waals surface area contributed by atoms with Gasteiger partial charge in [-0.05, 0) is 49.8 Å². The van der Waals surface area contributed by atoms with E-state index in [1.165, 1.54) is 11.0 Å². The van der Waals surface area contributed by atoms with E-state index in [4.69, 9.17) is 9.05 Å². The van der Waals surface area contributed by atoms with Gasteiger partial charge in [0, 0.05) is 47.7 Å². The van der Waals surface area contributed by atoms with Crippen LogP contribution >= 0.6 is 7.82 Å². The molecule has 0 aliphatic carbocycles. The highest BCUT2D eigenvalue weighted by Crippen LogP contribution is 2.47. The number of carbonyl (C=O) groups excluding carboxylic acids is 1. The van der Waals surface area contributed by atoms with Gasteiger partial charge in [0.05, 0.1) is 30.1 Å². The van der Waals surface area contributed by atoms with Crippen LogP contribution in [0.25, 0.3) is 33.3 Å². The number of fused-ring (bicyclic) bond motifs is 1. The van der Waals surface area contributed by atoms with Crippen LogP contribution in [0, 0.1) is 11.3 Å². The van der Waals surface area contributed by atoms with Crippen molar-refractivity contribution in [2.24, 2.45) is 0 Å². The van der Waals surface area contributed by atoms with Crippen LogP contribution in [0.1, 0.15) is 25.6 Å². The molecule has 0 aliphatic heterocycles. The van der Waals surface area contributed by atoms with E-state index in [0.717, 1.165) is 27.6 Å². The van der Waals surface area contributed by atoms with Crippen molar-refractivity contribution < 1.29 is 23.3 Å². The zero-order valence-electron chi connectivity index (χ0n) is 21.1. The lowest BCUT2D eigenvalue weighted by molar-refractivity contribution is -0.113. The maximum atomic E-state index is 12.3. The Kier molecular flexibility index (Phi) is 7.86. The molecule has 11 heteroatoms. The minimum absolute atomic E-state index is 0.0153. The summed E-state index contributed by atoms with van der Waals surface area (Å²) in [5.74, 6) is -0.267. The van der Waals surface area contributed by atoms with Crippen molar-refractivity contribution >= 4 is 30.5 Å². The van der Waals surface area contributed by atoms with Crippen LogP contribution in [-0.4, -0.2) is 39.0 Å². The van der Waals surface area contributed by atoms with Gasteiger partial charge in [0.25, 0.3) is 0 Å². The summed E-state index contributed by atoms with van der Waals surface area (Å²) in [6, 6.07) is 13.0. The van der Waals surface area contributed by atoms with Gasteiger partial charge in [0.15, 0.2) is 0 Å². The number of likely N-dealkylation sites (N-methyl/N-ethyl adjacent to an activating group) is 1. The summed E-state index contributed by atoms with van der Waals surface area (Å²) in [5, 5.41) is 10.1. The minimum atomic E-state index is -4.29. The molecule has 3 heterocycles. The Bertz CT molecular complexity index is 1610. The van der Waals surface area contributed by atoms with Crippen LogP contribution in [0.3, 0.4) is 0 Å². The fourth-order valence-corrected chi connectivity index (χ4v) is 4.90. The van der Waals surface area contributed by atoms with Crippen LogP contribution in [0.2, 0.25) is 0 Å². The Hall–Kier alpha value is -4.13. The molecule has 0 saturated heterocycles. The lowest BCUT2D eigenvalue weighted by atomic mass is 10.0. The number of nitrogens with zero attached hydrogens (tertiary/aromatic N) is 5. The Morgan fingerprint density at radius 2 is 2.03 bits per heavy atom. The summed E-state index contributed by atoms with van der Waals surface area (Å²) in [6.07, 6.45) is 7.00. The third-order valence-electron chi connectivity index (χ3n) is 5.89. The summed E-state index contributed by atoms with van der Waals surface area (Å²) in [6.45, 7) is 6.76. The quantitative estimate of drug-likeness (QED) is 0.223. The van der Waals surface area contributed by atoms with Crippen molar-refractivity contribution in [3.05, 3.63) is 79.4 Å². The number of pyridine rings is 2. The highest BCUT2D eigenvalue weighted by atomic mass is 31.2. The molecule has 1 amide bonds. The van der Waals surface area contributed by atoms with Crippen LogP contribution in [0.15, 0.2) is 73.8 Å². The van der Waals surface area contributed by atoms with Crippen molar-refractivity contribution in [3.8, 4) is 28.3 Å². The molecule has 4 rings (SSSR count). The number of hydrogen-bond donors (Lipinski definition) is 1. The average molecular weight is 532 g/mol. The predicted octanol–water partition coefficient (Wildman–Crippen LogP) is 5.46. The van der Waals surface area contributed by atoms with E-state index in [1.807, 2.05) is 18.2 Å². The lowest BCUT2D eigenvalue weighted by Gasteiger charge is -2.18. The van der Waals surface area contributed by atoms with E-state index in [0.29, 0.717) is 16.9 Å². The first-order chi connectivity index (χ1) is 18.2. The number of hydrogen-bond acceptors (Lipinski definition) is 7. The fraction of sp³-hybridized carbons (Fsp3) is 0.185. The van der Waals surface area contributed by atoms with Crippen molar-refractivity contribution in [2.75, 3.05) is 18.6 Å². The molecule has 38 heavy (non-hydrogen) atoms. The normalized spacial score (nSPS) is 13.4. The van der Waals surface area contributed by atoms with Gasteiger partial charge in [0.2, 0.25) is 5.91 Å². The molecule has 0 fully saturated rings. The molecule has 0 aliphatic rings. The molecule has 1 N–H and O–H groups in total. The highest BCUT2D eigenvalue weighted by Gasteiger charge is 2.26. The van der Waals surface area contributed by atoms with Gasteiger partial charge in [-0.15, -0.1) is 0 Å². The van der Waals surface area contributed by atoms with Gasteiger partial charge in [-0.1, -0.05) is 18.7 Å². The van der Waals surface area contributed by atoms with Crippen molar-refractivity contribution in [3.63, 3.8) is 0 Å². The fourth-order valence-electron chi connectivity index (χ4n) is 4.02. The molecule has 194 valence electrons. The van der Waals surface area contributed by atoms with Gasteiger partial charge < -0.3 is 14.4 Å². The van der Waals surface area contributed by atoms with Crippen molar-refractivity contribution in [1.29, 1.82) is 5.26 Å². The Labute approximate surface area is 220 Å². The third-order valence-corrected chi connectivity index (χ3v) is 7.05. The van der Waals surface area contributed by atoms with Crippen molar-refractivity contribution in [1.82, 2.24) is 14.5 Å². The molecule has 0 radical (unpaired) electrons. The predicted molar refractivity (Wildman–Crippen MR) is 144 cm³/mol. The van der Waals surface area contributed by atoms with E-state index in [2.05, 4.69) is 22.6 Å². The monoisotopic (exact) mass is 531 g/mol. The van der Waals surface area contributed by atoms with Gasteiger partial charge in [-0.2, -0.15) is 5.26 Å². The summed E-state index contributed by atoms with van der Waals surface area (Å²) in [7, 11) is -2.65. The number of nitriles is 1. The van der Waals surface area contributed by atoms with Crippen LogP contribution < -0.4 is 4.90 Å². The number of carbonyl (C=O) groups is 1. The maximum absolute atomic E-state index is 12.3. The molecule has 0 bridgehead atoms. The minimum Gasteiger partial charge on any atom is -0.310 e. The van der Waals surface area contributed by atoms with Gasteiger partial charge in [-0.25, -0.2) is 9.55 Å². The van der Waals surface area contributed by atoms with Gasteiger partial charge in [-0.3, -0.25) is 18.8 Å². The lowest BCUT2D eigenvalue weighted by Crippen LogP contribution is -2.23. The molecular formula is C27H26N5O5P. The summed E-state index contributed by atoms with van der Waals surface area (Å²) < 4.78 is 24.2. The second kappa shape index (κ2) is 11.1. The zero-order valence-corrected chi connectivity index (χ0v) is 22.0. The largest absolute Gasteiger partial charge is 0.474 e. The zero-order chi connectivity index (χ0) is 27.4. The first-order valence-electron chi connectivity index (χ1n) is 11.7. The molecule has 0 spiro atoms. The molecule has 3 aromatic heterocycles. The topological polar surface area (TPSA) is 131 Å². The first-order valence-corrected chi connectivity index (χ1v) is 13.2. The molecule has 2 unspecified atom stereocenters. The first kappa shape index (κ1) is 26.9. The summed E-state index contributed by atoms with van der Waals surface area (Å²) in [4.78, 5) is 32.5. The van der Waals surface area contributed by atoms with Crippen LogP contribution in [-0.2, 0) is 18.4 Å². The summed E-state index contributed by atoms with van der Waals surface area (Å²) >= 11 is 0. The number of phosphoric acid groups is 1. The van der Waals surface area contributed by atoms with Crippen LogP contribution in [0.5, 0.6) is 0 Å². The molecule has 2 atom stereocenters. The van der Waals surface area contributed by atoms with E-state index in [-0.39, 0.29) is 12.5 Å². The highest BCUT2D eigenvalue weighted by molar-refractivity contribution is 7.47. The second-order valence-electron chi connectivity index (χ2n) is 8.36. The Morgan fingerprint density at radius 3 is 2.74 bits per heavy atom. The third kappa shape index (κ3) is 5.57. The van der Waals surface area contributed by atoms with Gasteiger partial charge in [0.1, 0.15) is 11.9 Å². The Morgan fingerprint density at radius 1 is 1.26 bits per heavy atom. The number of anilines is 1. The maximum Gasteiger partial charge on any atom is 0.474 e. The number of phosphoric ester groups is 1. The van der Waals surface area contributed by atoms with E-state index in [9.17, 15) is 19.5 Å². The summed E-state index contributed by atoms with van der Waals surface area (Å²) in [5.41, 5.74) is 4.54. The number of amides is 1. The molecule has 10 nitrogen and oxygen atoms in total. The van der Waals surface area contributed by atoms with Crippen molar-refractivity contribution in [2.45, 2.75) is 20.1 Å². The molecular weight excluding hydrogens is 505 g/mol. The van der Waals surface area contributed by atoms with Crippen LogP contribution in [0.4, 0.5) is 5.69 Å². The smallest absolute Gasteiger partial charge is 0.310 e. The van der Waals surface area contributed by atoms with E-state index < -0.39 is 14.1 Å². The SMILES string of the molecule is C=CC(=O)N(C)c1cncc(-c2cnc3c(c2)c(-c2cccc(C#N)c2)cn3C(C)OP(=O)(O)OCC)c1. The molecule has 0 saturated carbocycles. The van der Waals surface area contributed by atoms with E-state index >= 15 is 0 Å². The number of rotatable bonds is 9. The number of benzene rings is 1. The van der Waals surface area contributed by atoms with E-state index in [1.54, 1.807) is 68.4 Å².